The highest BCUT2D eigenvalue weighted by Crippen LogP contribution is 2.17. The molecule has 4 nitrogen and oxygen atoms in total. The van der Waals surface area contributed by atoms with Gasteiger partial charge in [-0.2, -0.15) is 0 Å². The van der Waals surface area contributed by atoms with Crippen molar-refractivity contribution in [1.29, 1.82) is 0 Å². The van der Waals surface area contributed by atoms with Gasteiger partial charge in [0, 0.05) is 12.6 Å². The lowest BCUT2D eigenvalue weighted by atomic mass is 10.00. The number of piperidine rings is 1. The summed E-state index contributed by atoms with van der Waals surface area (Å²) in [6, 6.07) is 0.354. The Kier molecular flexibility index (Phi) is 7.32. The Hall–Kier alpha value is -0.130. The lowest BCUT2D eigenvalue weighted by Crippen LogP contribution is -2.47. The second-order valence-corrected chi connectivity index (χ2v) is 7.97. The van der Waals surface area contributed by atoms with Crippen molar-refractivity contribution in [3.63, 3.8) is 0 Å². The van der Waals surface area contributed by atoms with Crippen LogP contribution < -0.4 is 4.72 Å². The summed E-state index contributed by atoms with van der Waals surface area (Å²) in [5.74, 6) is 0.837. The molecule has 0 aliphatic carbocycles. The zero-order chi connectivity index (χ0) is 14.3. The lowest BCUT2D eigenvalue weighted by Gasteiger charge is -2.35. The molecule has 5 heteroatoms. The number of sulfonamides is 1. The van der Waals surface area contributed by atoms with Gasteiger partial charge in [-0.1, -0.05) is 27.2 Å². The van der Waals surface area contributed by atoms with E-state index in [9.17, 15) is 8.42 Å². The van der Waals surface area contributed by atoms with E-state index in [1.807, 2.05) is 6.92 Å². The molecule has 1 atom stereocenters. The van der Waals surface area contributed by atoms with Crippen molar-refractivity contribution >= 4 is 10.0 Å². The Morgan fingerprint density at radius 3 is 2.32 bits per heavy atom. The minimum absolute atomic E-state index is 0.237. The normalized spacial score (nSPS) is 19.8. The molecule has 1 heterocycles. The average Bonchev–Trinajstić information content (AvgIpc) is 2.35. The molecule has 0 spiro atoms. The van der Waals surface area contributed by atoms with Crippen molar-refractivity contribution in [2.45, 2.75) is 58.9 Å². The van der Waals surface area contributed by atoms with Gasteiger partial charge in [0.2, 0.25) is 10.0 Å². The van der Waals surface area contributed by atoms with Crippen LogP contribution in [-0.4, -0.2) is 44.7 Å². The number of nitrogens with one attached hydrogen (secondary N) is 1. The van der Waals surface area contributed by atoms with Crippen molar-refractivity contribution in [3.05, 3.63) is 0 Å². The molecule has 1 fully saturated rings. The highest BCUT2D eigenvalue weighted by molar-refractivity contribution is 7.89. The molecular formula is C14H30N2O2S. The summed E-state index contributed by atoms with van der Waals surface area (Å²) in [6.07, 6.45) is 5.54. The monoisotopic (exact) mass is 290 g/mol. The molecule has 0 aromatic carbocycles. The molecule has 1 aliphatic rings. The Bertz CT molecular complexity index is 335. The summed E-state index contributed by atoms with van der Waals surface area (Å²) in [7, 11) is -3.08. The summed E-state index contributed by atoms with van der Waals surface area (Å²) in [6.45, 7) is 9.12. The van der Waals surface area contributed by atoms with E-state index in [-0.39, 0.29) is 5.75 Å². The molecule has 0 saturated carbocycles. The molecule has 1 aliphatic heterocycles. The Morgan fingerprint density at radius 1 is 1.16 bits per heavy atom. The first kappa shape index (κ1) is 16.9. The van der Waals surface area contributed by atoms with E-state index < -0.39 is 10.0 Å². The molecular weight excluding hydrogens is 260 g/mol. The van der Waals surface area contributed by atoms with Gasteiger partial charge in [-0.05, 0) is 44.7 Å². The molecule has 1 N–H and O–H groups in total. The van der Waals surface area contributed by atoms with E-state index in [1.54, 1.807) is 0 Å². The van der Waals surface area contributed by atoms with Crippen LogP contribution in [0.1, 0.15) is 52.9 Å². The second-order valence-electron chi connectivity index (χ2n) is 6.05. The van der Waals surface area contributed by atoms with E-state index in [4.69, 9.17) is 0 Å². The zero-order valence-corrected chi connectivity index (χ0v) is 13.5. The summed E-state index contributed by atoms with van der Waals surface area (Å²) in [5, 5.41) is 0. The van der Waals surface area contributed by atoms with Crippen LogP contribution >= 0.6 is 0 Å². The first-order valence-electron chi connectivity index (χ1n) is 7.66. The van der Waals surface area contributed by atoms with Crippen LogP contribution in [0.3, 0.4) is 0 Å². The maximum atomic E-state index is 11.8. The van der Waals surface area contributed by atoms with Crippen LogP contribution in [0.15, 0.2) is 0 Å². The van der Waals surface area contributed by atoms with Crippen LogP contribution in [0, 0.1) is 5.92 Å². The standard InChI is InChI=1S/C14H30N2O2S/c1-4-10-19(17,18)15-12-14(11-13(2)3)16-8-6-5-7-9-16/h13-15H,4-12H2,1-3H3. The summed E-state index contributed by atoms with van der Waals surface area (Å²) < 4.78 is 26.3. The summed E-state index contributed by atoms with van der Waals surface area (Å²) in [4.78, 5) is 2.47. The van der Waals surface area contributed by atoms with Crippen LogP contribution in [0.5, 0.6) is 0 Å². The van der Waals surface area contributed by atoms with Crippen LogP contribution in [0.25, 0.3) is 0 Å². The van der Waals surface area contributed by atoms with Crippen molar-refractivity contribution in [1.82, 2.24) is 9.62 Å². The molecule has 0 bridgehead atoms. The quantitative estimate of drug-likeness (QED) is 0.745. The number of rotatable bonds is 8. The van der Waals surface area contributed by atoms with Crippen molar-refractivity contribution in [3.8, 4) is 0 Å². The summed E-state index contributed by atoms with van der Waals surface area (Å²) >= 11 is 0. The van der Waals surface area contributed by atoms with E-state index in [0.29, 0.717) is 24.9 Å². The highest BCUT2D eigenvalue weighted by atomic mass is 32.2. The number of hydrogen-bond donors (Lipinski definition) is 1. The molecule has 0 amide bonds. The van der Waals surface area contributed by atoms with Gasteiger partial charge in [-0.3, -0.25) is 4.90 Å². The first-order chi connectivity index (χ1) is 8.94. The fraction of sp³-hybridized carbons (Fsp3) is 1.00. The molecule has 1 unspecified atom stereocenters. The average molecular weight is 290 g/mol. The van der Waals surface area contributed by atoms with Crippen molar-refractivity contribution < 1.29 is 8.42 Å². The third-order valence-corrected chi connectivity index (χ3v) is 5.21. The van der Waals surface area contributed by atoms with E-state index in [2.05, 4.69) is 23.5 Å². The summed E-state index contributed by atoms with van der Waals surface area (Å²) in [5.41, 5.74) is 0. The van der Waals surface area contributed by atoms with Crippen LogP contribution in [-0.2, 0) is 10.0 Å². The van der Waals surface area contributed by atoms with Crippen LogP contribution in [0.4, 0.5) is 0 Å². The number of hydrogen-bond acceptors (Lipinski definition) is 3. The molecule has 1 rings (SSSR count). The predicted octanol–water partition coefficient (Wildman–Crippen LogP) is 2.22. The van der Waals surface area contributed by atoms with Crippen LogP contribution in [0.2, 0.25) is 0 Å². The highest BCUT2D eigenvalue weighted by Gasteiger charge is 2.23. The van der Waals surface area contributed by atoms with Gasteiger partial charge >= 0.3 is 0 Å². The first-order valence-corrected chi connectivity index (χ1v) is 9.31. The second kappa shape index (κ2) is 8.22. The van der Waals surface area contributed by atoms with E-state index in [0.717, 1.165) is 19.5 Å². The molecule has 0 aromatic heterocycles. The fourth-order valence-corrected chi connectivity index (χ4v) is 3.88. The minimum atomic E-state index is -3.08. The molecule has 0 aromatic rings. The molecule has 0 radical (unpaired) electrons. The Morgan fingerprint density at radius 2 is 1.79 bits per heavy atom. The zero-order valence-electron chi connectivity index (χ0n) is 12.7. The van der Waals surface area contributed by atoms with Crippen molar-refractivity contribution in [2.75, 3.05) is 25.4 Å². The fourth-order valence-electron chi connectivity index (χ4n) is 2.75. The maximum Gasteiger partial charge on any atom is 0.211 e. The predicted molar refractivity (Wildman–Crippen MR) is 80.7 cm³/mol. The number of likely N-dealkylation sites (tertiary alicyclic amines) is 1. The Labute approximate surface area is 119 Å². The SMILES string of the molecule is CCCS(=O)(=O)NCC(CC(C)C)N1CCCCC1. The van der Waals surface area contributed by atoms with Gasteiger partial charge in [0.15, 0.2) is 0 Å². The Balaban J connectivity index is 2.53. The molecule has 1 saturated heterocycles. The molecule has 114 valence electrons. The minimum Gasteiger partial charge on any atom is -0.299 e. The van der Waals surface area contributed by atoms with Gasteiger partial charge in [-0.15, -0.1) is 0 Å². The lowest BCUT2D eigenvalue weighted by molar-refractivity contribution is 0.146. The van der Waals surface area contributed by atoms with Gasteiger partial charge in [0.05, 0.1) is 5.75 Å². The smallest absolute Gasteiger partial charge is 0.211 e. The van der Waals surface area contributed by atoms with Gasteiger partial charge in [-0.25, -0.2) is 13.1 Å². The number of nitrogens with zero attached hydrogens (tertiary/aromatic N) is 1. The topological polar surface area (TPSA) is 49.4 Å². The van der Waals surface area contributed by atoms with E-state index in [1.165, 1.54) is 19.3 Å². The van der Waals surface area contributed by atoms with Gasteiger partial charge in [0.1, 0.15) is 0 Å². The van der Waals surface area contributed by atoms with E-state index >= 15 is 0 Å². The largest absolute Gasteiger partial charge is 0.299 e. The third kappa shape index (κ3) is 6.72. The van der Waals surface area contributed by atoms with Crippen molar-refractivity contribution in [2.24, 2.45) is 5.92 Å². The third-order valence-electron chi connectivity index (χ3n) is 3.66. The maximum absolute atomic E-state index is 11.8. The van der Waals surface area contributed by atoms with Gasteiger partial charge in [0.25, 0.3) is 0 Å². The molecule has 19 heavy (non-hydrogen) atoms. The van der Waals surface area contributed by atoms with Gasteiger partial charge < -0.3 is 0 Å².